The lowest BCUT2D eigenvalue weighted by atomic mass is 9.79. The molecule has 3 rings (SSSR count). The number of thiazole rings is 1. The number of nitrogens with one attached hydrogen (secondary N) is 3. The third-order valence-electron chi connectivity index (χ3n) is 4.46. The summed E-state index contributed by atoms with van der Waals surface area (Å²) < 4.78 is 0.882. The minimum absolute atomic E-state index is 0.0193. The number of carbonyl (C=O) groups excluding carboxylic acids is 2. The Hall–Kier alpha value is -1.99. The topological polar surface area (TPSA) is 83.1 Å². The van der Waals surface area contributed by atoms with Crippen LogP contribution in [0.3, 0.4) is 0 Å². The van der Waals surface area contributed by atoms with Gasteiger partial charge in [0.1, 0.15) is 0 Å². The van der Waals surface area contributed by atoms with Crippen molar-refractivity contribution < 1.29 is 9.59 Å². The number of nitrogens with zero attached hydrogens (tertiary/aromatic N) is 1. The van der Waals surface area contributed by atoms with Gasteiger partial charge in [-0.2, -0.15) is 0 Å². The fraction of sp³-hybridized carbons (Fsp3) is 0.526. The fourth-order valence-electron chi connectivity index (χ4n) is 3.96. The molecule has 0 bridgehead atoms. The van der Waals surface area contributed by atoms with E-state index in [1.165, 1.54) is 18.3 Å². The van der Waals surface area contributed by atoms with Crippen LogP contribution in [0.5, 0.6) is 0 Å². The minimum atomic E-state index is -0.154. The summed E-state index contributed by atoms with van der Waals surface area (Å²) >= 11 is 1.37. The number of fused-ring (bicyclic) bond motifs is 1. The molecule has 2 aromatic rings. The number of piperidine rings is 1. The van der Waals surface area contributed by atoms with Gasteiger partial charge in [0.25, 0.3) is 5.91 Å². The van der Waals surface area contributed by atoms with E-state index in [2.05, 4.69) is 48.6 Å². The lowest BCUT2D eigenvalue weighted by molar-refractivity contribution is -0.114. The summed E-state index contributed by atoms with van der Waals surface area (Å²) in [5.74, 6) is -0.224. The highest BCUT2D eigenvalue weighted by Crippen LogP contribution is 2.29. The van der Waals surface area contributed by atoms with Gasteiger partial charge in [-0.3, -0.25) is 9.59 Å². The molecule has 1 saturated heterocycles. The molecule has 3 N–H and O–H groups in total. The number of hydrogen-bond donors (Lipinski definition) is 3. The van der Waals surface area contributed by atoms with Gasteiger partial charge in [0.05, 0.1) is 10.2 Å². The number of hydrogen-bond acceptors (Lipinski definition) is 5. The van der Waals surface area contributed by atoms with Gasteiger partial charge in [0, 0.05) is 29.6 Å². The highest BCUT2D eigenvalue weighted by Gasteiger charge is 2.38. The molecule has 0 atom stereocenters. The van der Waals surface area contributed by atoms with E-state index >= 15 is 0 Å². The average Bonchev–Trinajstić information content (AvgIpc) is 2.83. The lowest BCUT2D eigenvalue weighted by Gasteiger charge is -2.46. The van der Waals surface area contributed by atoms with Crippen LogP contribution in [0.25, 0.3) is 10.2 Å². The average molecular weight is 375 g/mol. The highest BCUT2D eigenvalue weighted by molar-refractivity contribution is 7.22. The molecule has 2 amide bonds. The van der Waals surface area contributed by atoms with Gasteiger partial charge in [0.2, 0.25) is 5.91 Å². The number of rotatable bonds is 3. The molecule has 0 unspecified atom stereocenters. The molecular weight excluding hydrogens is 348 g/mol. The van der Waals surface area contributed by atoms with Crippen molar-refractivity contribution >= 4 is 38.5 Å². The standard InChI is InChI=1S/C19H26N4O2S/c1-11(24)20-17-22-14-7-6-12(8-15(14)26-17)16(25)21-13-9-18(2,3)23-19(4,5)10-13/h6-8,13,23H,9-10H2,1-5H3,(H,21,25)(H,20,22,24). The molecule has 1 aliphatic rings. The van der Waals surface area contributed by atoms with Crippen molar-refractivity contribution in [2.75, 3.05) is 5.32 Å². The molecule has 0 aliphatic carbocycles. The first-order valence-corrected chi connectivity index (χ1v) is 9.63. The second-order valence-corrected chi connectivity index (χ2v) is 9.38. The smallest absolute Gasteiger partial charge is 0.251 e. The molecule has 140 valence electrons. The molecule has 1 aliphatic heterocycles. The van der Waals surface area contributed by atoms with Crippen LogP contribution in [0.4, 0.5) is 5.13 Å². The summed E-state index contributed by atoms with van der Waals surface area (Å²) in [5.41, 5.74) is 1.35. The molecule has 6 nitrogen and oxygen atoms in total. The minimum Gasteiger partial charge on any atom is -0.349 e. The number of aromatic nitrogens is 1. The van der Waals surface area contributed by atoms with Crippen molar-refractivity contribution in [3.8, 4) is 0 Å². The van der Waals surface area contributed by atoms with E-state index in [-0.39, 0.29) is 28.9 Å². The lowest BCUT2D eigenvalue weighted by Crippen LogP contribution is -2.62. The van der Waals surface area contributed by atoms with Gasteiger partial charge >= 0.3 is 0 Å². The molecule has 26 heavy (non-hydrogen) atoms. The quantitative estimate of drug-likeness (QED) is 0.770. The largest absolute Gasteiger partial charge is 0.349 e. The molecule has 0 spiro atoms. The van der Waals surface area contributed by atoms with E-state index in [0.29, 0.717) is 10.7 Å². The van der Waals surface area contributed by atoms with E-state index in [0.717, 1.165) is 23.1 Å². The Bertz CT molecular complexity index is 840. The summed E-state index contributed by atoms with van der Waals surface area (Å²) in [5, 5.41) is 10.0. The zero-order chi connectivity index (χ0) is 19.1. The Morgan fingerprint density at radius 1 is 1.19 bits per heavy atom. The number of amides is 2. The van der Waals surface area contributed by atoms with E-state index in [1.807, 2.05) is 12.1 Å². The molecule has 1 aromatic carbocycles. The summed E-state index contributed by atoms with van der Waals surface area (Å²) in [7, 11) is 0. The van der Waals surface area contributed by atoms with Crippen molar-refractivity contribution in [3.05, 3.63) is 23.8 Å². The van der Waals surface area contributed by atoms with E-state index in [1.54, 1.807) is 6.07 Å². The zero-order valence-electron chi connectivity index (χ0n) is 15.9. The van der Waals surface area contributed by atoms with E-state index < -0.39 is 0 Å². The first kappa shape index (κ1) is 18.8. The SMILES string of the molecule is CC(=O)Nc1nc2ccc(C(=O)NC3CC(C)(C)NC(C)(C)C3)cc2s1. The van der Waals surface area contributed by atoms with E-state index in [9.17, 15) is 9.59 Å². The molecule has 0 saturated carbocycles. The van der Waals surface area contributed by atoms with Gasteiger partial charge < -0.3 is 16.0 Å². The molecule has 0 radical (unpaired) electrons. The van der Waals surface area contributed by atoms with Crippen LogP contribution in [0, 0.1) is 0 Å². The Kier molecular flexibility index (Phi) is 4.79. The maximum Gasteiger partial charge on any atom is 0.251 e. The Morgan fingerprint density at radius 3 is 2.46 bits per heavy atom. The Balaban J connectivity index is 1.76. The summed E-state index contributed by atoms with van der Waals surface area (Å²) in [4.78, 5) is 28.3. The van der Waals surface area contributed by atoms with Gasteiger partial charge in [-0.15, -0.1) is 0 Å². The first-order chi connectivity index (χ1) is 12.0. The molecule has 7 heteroatoms. The summed E-state index contributed by atoms with van der Waals surface area (Å²) in [6.45, 7) is 10.1. The Morgan fingerprint density at radius 2 is 1.85 bits per heavy atom. The molecule has 1 aromatic heterocycles. The van der Waals surface area contributed by atoms with E-state index in [4.69, 9.17) is 0 Å². The van der Waals surface area contributed by atoms with Crippen LogP contribution < -0.4 is 16.0 Å². The second kappa shape index (κ2) is 6.63. The van der Waals surface area contributed by atoms with Crippen LogP contribution >= 0.6 is 11.3 Å². The number of carbonyl (C=O) groups is 2. The molecular formula is C19H26N4O2S. The number of anilines is 1. The van der Waals surface area contributed by atoms with Gasteiger partial charge in [-0.1, -0.05) is 11.3 Å². The van der Waals surface area contributed by atoms with Crippen LogP contribution in [0.2, 0.25) is 0 Å². The van der Waals surface area contributed by atoms with Crippen LogP contribution in [0.15, 0.2) is 18.2 Å². The Labute approximate surface area is 157 Å². The van der Waals surface area contributed by atoms with Crippen molar-refractivity contribution in [2.45, 2.75) is 64.6 Å². The third-order valence-corrected chi connectivity index (χ3v) is 5.39. The maximum absolute atomic E-state index is 12.7. The van der Waals surface area contributed by atoms with Crippen molar-refractivity contribution in [1.82, 2.24) is 15.6 Å². The molecule has 2 heterocycles. The summed E-state index contributed by atoms with van der Waals surface area (Å²) in [6.07, 6.45) is 1.77. The van der Waals surface area contributed by atoms with Crippen LogP contribution in [-0.4, -0.2) is 33.9 Å². The normalized spacial score (nSPS) is 19.3. The van der Waals surface area contributed by atoms with Crippen molar-refractivity contribution in [3.63, 3.8) is 0 Å². The summed E-state index contributed by atoms with van der Waals surface area (Å²) in [6, 6.07) is 5.57. The zero-order valence-corrected chi connectivity index (χ0v) is 16.7. The van der Waals surface area contributed by atoms with Crippen LogP contribution in [0.1, 0.15) is 57.8 Å². The van der Waals surface area contributed by atoms with Gasteiger partial charge in [0.15, 0.2) is 5.13 Å². The highest BCUT2D eigenvalue weighted by atomic mass is 32.1. The first-order valence-electron chi connectivity index (χ1n) is 8.81. The van der Waals surface area contributed by atoms with Gasteiger partial charge in [-0.25, -0.2) is 4.98 Å². The predicted molar refractivity (Wildman–Crippen MR) is 106 cm³/mol. The third kappa shape index (κ3) is 4.40. The second-order valence-electron chi connectivity index (χ2n) is 8.35. The fourth-order valence-corrected chi connectivity index (χ4v) is 4.91. The predicted octanol–water partition coefficient (Wildman–Crippen LogP) is 3.29. The maximum atomic E-state index is 12.7. The van der Waals surface area contributed by atoms with Crippen LogP contribution in [-0.2, 0) is 4.79 Å². The monoisotopic (exact) mass is 374 g/mol. The molecule has 1 fully saturated rings. The van der Waals surface area contributed by atoms with Gasteiger partial charge in [-0.05, 0) is 58.7 Å². The van der Waals surface area contributed by atoms with Crippen molar-refractivity contribution in [1.29, 1.82) is 0 Å². The number of benzene rings is 1. The van der Waals surface area contributed by atoms with Crippen molar-refractivity contribution in [2.24, 2.45) is 0 Å².